The van der Waals surface area contributed by atoms with E-state index in [4.69, 9.17) is 4.74 Å². The van der Waals surface area contributed by atoms with E-state index < -0.39 is 0 Å². The van der Waals surface area contributed by atoms with E-state index in [0.717, 1.165) is 24.8 Å². The number of hydrogen-bond donors (Lipinski definition) is 1. The van der Waals surface area contributed by atoms with Crippen LogP contribution in [0.25, 0.3) is 0 Å². The van der Waals surface area contributed by atoms with Crippen LogP contribution in [0, 0.1) is 5.92 Å². The highest BCUT2D eigenvalue weighted by molar-refractivity contribution is 5.73. The molecule has 0 fully saturated rings. The standard InChI is InChI=1S/C10H14N2O2/c1-2-14-10(13)7-3-4-9-8(5-7)6-11-12-9/h6-7H,2-5H2,1H3,(H,11,12)/t7-/m1/s1. The number of nitrogens with one attached hydrogen (secondary N) is 1. The molecule has 1 N–H and O–H groups in total. The van der Waals surface area contributed by atoms with Crippen LogP contribution in [0.4, 0.5) is 0 Å². The zero-order valence-corrected chi connectivity index (χ0v) is 8.25. The van der Waals surface area contributed by atoms with Gasteiger partial charge in [0, 0.05) is 5.69 Å². The third-order valence-corrected chi connectivity index (χ3v) is 2.64. The molecule has 1 aromatic rings. The van der Waals surface area contributed by atoms with Gasteiger partial charge in [0.15, 0.2) is 0 Å². The first-order valence-corrected chi connectivity index (χ1v) is 4.99. The number of hydrogen-bond acceptors (Lipinski definition) is 3. The molecule has 0 aromatic carbocycles. The van der Waals surface area contributed by atoms with Crippen LogP contribution in [0.3, 0.4) is 0 Å². The molecule has 0 saturated carbocycles. The minimum Gasteiger partial charge on any atom is -0.466 e. The molecule has 76 valence electrons. The lowest BCUT2D eigenvalue weighted by atomic mass is 9.88. The summed E-state index contributed by atoms with van der Waals surface area (Å²) in [7, 11) is 0. The lowest BCUT2D eigenvalue weighted by Gasteiger charge is -2.19. The van der Waals surface area contributed by atoms with Gasteiger partial charge in [-0.1, -0.05) is 0 Å². The maximum atomic E-state index is 11.5. The van der Waals surface area contributed by atoms with Crippen molar-refractivity contribution in [1.82, 2.24) is 10.2 Å². The maximum absolute atomic E-state index is 11.5. The van der Waals surface area contributed by atoms with Gasteiger partial charge in [0.05, 0.1) is 18.7 Å². The van der Waals surface area contributed by atoms with Gasteiger partial charge in [-0.15, -0.1) is 0 Å². The van der Waals surface area contributed by atoms with Crippen LogP contribution in [-0.2, 0) is 22.4 Å². The molecule has 1 heterocycles. The van der Waals surface area contributed by atoms with Gasteiger partial charge < -0.3 is 4.74 Å². The van der Waals surface area contributed by atoms with Gasteiger partial charge in [0.1, 0.15) is 0 Å². The summed E-state index contributed by atoms with van der Waals surface area (Å²) in [5.41, 5.74) is 2.33. The Morgan fingerprint density at radius 2 is 2.64 bits per heavy atom. The zero-order valence-electron chi connectivity index (χ0n) is 8.25. The minimum atomic E-state index is -0.0700. The Kier molecular flexibility index (Phi) is 2.52. The Morgan fingerprint density at radius 1 is 1.79 bits per heavy atom. The van der Waals surface area contributed by atoms with Crippen LogP contribution in [-0.4, -0.2) is 22.8 Å². The minimum absolute atomic E-state index is 0.0278. The van der Waals surface area contributed by atoms with Crippen LogP contribution in [0.2, 0.25) is 0 Å². The first kappa shape index (κ1) is 9.24. The molecule has 1 atom stereocenters. The van der Waals surface area contributed by atoms with E-state index in [-0.39, 0.29) is 11.9 Å². The van der Waals surface area contributed by atoms with Crippen molar-refractivity contribution in [3.05, 3.63) is 17.5 Å². The largest absolute Gasteiger partial charge is 0.466 e. The fourth-order valence-electron chi connectivity index (χ4n) is 1.88. The van der Waals surface area contributed by atoms with Gasteiger partial charge in [-0.2, -0.15) is 5.10 Å². The van der Waals surface area contributed by atoms with E-state index in [1.807, 2.05) is 6.92 Å². The monoisotopic (exact) mass is 194 g/mol. The molecule has 1 aromatic heterocycles. The predicted molar refractivity (Wildman–Crippen MR) is 50.7 cm³/mol. The molecular formula is C10H14N2O2. The van der Waals surface area contributed by atoms with Crippen LogP contribution >= 0.6 is 0 Å². The second-order valence-corrected chi connectivity index (χ2v) is 3.57. The fourth-order valence-corrected chi connectivity index (χ4v) is 1.88. The SMILES string of the molecule is CCOC(=O)[C@@H]1CCc2[nH]ncc2C1. The molecule has 0 radical (unpaired) electrons. The number of fused-ring (bicyclic) bond motifs is 1. The van der Waals surface area contributed by atoms with Gasteiger partial charge in [0.2, 0.25) is 0 Å². The number of H-pyrrole nitrogens is 1. The lowest BCUT2D eigenvalue weighted by molar-refractivity contribution is -0.148. The Labute approximate surface area is 82.7 Å². The van der Waals surface area contributed by atoms with Gasteiger partial charge in [-0.3, -0.25) is 9.89 Å². The predicted octanol–water partition coefficient (Wildman–Crippen LogP) is 1.08. The molecular weight excluding hydrogens is 180 g/mol. The average molecular weight is 194 g/mol. The van der Waals surface area contributed by atoms with E-state index in [1.54, 1.807) is 6.20 Å². The molecule has 1 aliphatic rings. The summed E-state index contributed by atoms with van der Waals surface area (Å²) >= 11 is 0. The first-order chi connectivity index (χ1) is 6.81. The second kappa shape index (κ2) is 3.82. The number of esters is 1. The Hall–Kier alpha value is -1.32. The van der Waals surface area contributed by atoms with Crippen LogP contribution in [0.5, 0.6) is 0 Å². The third-order valence-electron chi connectivity index (χ3n) is 2.64. The normalized spacial score (nSPS) is 20.2. The van der Waals surface area contributed by atoms with Crippen LogP contribution in [0.15, 0.2) is 6.20 Å². The summed E-state index contributed by atoms with van der Waals surface area (Å²) in [6.07, 6.45) is 4.35. The van der Waals surface area contributed by atoms with Crippen molar-refractivity contribution < 1.29 is 9.53 Å². The van der Waals surface area contributed by atoms with E-state index in [9.17, 15) is 4.79 Å². The van der Waals surface area contributed by atoms with E-state index in [1.165, 1.54) is 5.69 Å². The number of rotatable bonds is 2. The number of ether oxygens (including phenoxy) is 1. The van der Waals surface area contributed by atoms with Crippen molar-refractivity contribution in [2.75, 3.05) is 6.61 Å². The summed E-state index contributed by atoms with van der Waals surface area (Å²) in [4.78, 5) is 11.5. The number of carbonyl (C=O) groups is 1. The molecule has 0 unspecified atom stereocenters. The summed E-state index contributed by atoms with van der Waals surface area (Å²) < 4.78 is 5.00. The van der Waals surface area contributed by atoms with Gasteiger partial charge >= 0.3 is 5.97 Å². The molecule has 0 spiro atoms. The van der Waals surface area contributed by atoms with Gasteiger partial charge in [-0.25, -0.2) is 0 Å². The number of nitrogens with zero attached hydrogens (tertiary/aromatic N) is 1. The maximum Gasteiger partial charge on any atom is 0.309 e. The zero-order chi connectivity index (χ0) is 9.97. The molecule has 4 heteroatoms. The Bertz CT molecular complexity index is 333. The third kappa shape index (κ3) is 1.64. The number of aromatic nitrogens is 2. The summed E-state index contributed by atoms with van der Waals surface area (Å²) in [5.74, 6) is -0.0422. The fraction of sp³-hybridized carbons (Fsp3) is 0.600. The summed E-state index contributed by atoms with van der Waals surface area (Å²) in [6.45, 7) is 2.30. The highest BCUT2D eigenvalue weighted by Crippen LogP contribution is 2.24. The van der Waals surface area contributed by atoms with Crippen molar-refractivity contribution in [3.8, 4) is 0 Å². The average Bonchev–Trinajstić information content (AvgIpc) is 2.64. The molecule has 0 bridgehead atoms. The van der Waals surface area contributed by atoms with Crippen molar-refractivity contribution in [2.24, 2.45) is 5.92 Å². The van der Waals surface area contributed by atoms with Crippen molar-refractivity contribution in [3.63, 3.8) is 0 Å². The highest BCUT2D eigenvalue weighted by Gasteiger charge is 2.26. The number of aromatic amines is 1. The second-order valence-electron chi connectivity index (χ2n) is 3.57. The van der Waals surface area contributed by atoms with E-state index in [0.29, 0.717) is 6.61 Å². The quantitative estimate of drug-likeness (QED) is 0.717. The van der Waals surface area contributed by atoms with Crippen molar-refractivity contribution in [1.29, 1.82) is 0 Å². The van der Waals surface area contributed by atoms with E-state index in [2.05, 4.69) is 10.2 Å². The highest BCUT2D eigenvalue weighted by atomic mass is 16.5. The molecule has 14 heavy (non-hydrogen) atoms. The molecule has 0 saturated heterocycles. The van der Waals surface area contributed by atoms with Crippen LogP contribution in [0.1, 0.15) is 24.6 Å². The molecule has 0 amide bonds. The van der Waals surface area contributed by atoms with E-state index >= 15 is 0 Å². The molecule has 1 aliphatic carbocycles. The summed E-state index contributed by atoms with van der Waals surface area (Å²) in [6, 6.07) is 0. The summed E-state index contributed by atoms with van der Waals surface area (Å²) in [5, 5.41) is 6.91. The number of carbonyl (C=O) groups excluding carboxylic acids is 1. The van der Waals surface area contributed by atoms with Crippen molar-refractivity contribution in [2.45, 2.75) is 26.2 Å². The topological polar surface area (TPSA) is 55.0 Å². The smallest absolute Gasteiger partial charge is 0.309 e. The molecule has 2 rings (SSSR count). The molecule has 4 nitrogen and oxygen atoms in total. The van der Waals surface area contributed by atoms with Crippen LogP contribution < -0.4 is 0 Å². The number of aryl methyl sites for hydroxylation is 1. The Morgan fingerprint density at radius 3 is 3.43 bits per heavy atom. The lowest BCUT2D eigenvalue weighted by Crippen LogP contribution is -2.24. The van der Waals surface area contributed by atoms with Gasteiger partial charge in [-0.05, 0) is 31.7 Å². The van der Waals surface area contributed by atoms with Crippen molar-refractivity contribution >= 4 is 5.97 Å². The first-order valence-electron chi connectivity index (χ1n) is 4.99. The van der Waals surface area contributed by atoms with Gasteiger partial charge in [0.25, 0.3) is 0 Å². The Balaban J connectivity index is 2.04. The molecule has 0 aliphatic heterocycles.